The molecule has 0 radical (unpaired) electrons. The average Bonchev–Trinajstić information content (AvgIpc) is 3.15. The second-order valence-corrected chi connectivity index (χ2v) is 10.1. The van der Waals surface area contributed by atoms with Crippen molar-refractivity contribution in [2.24, 2.45) is 0 Å². The molecular formula is C23H24ClN3O4S. The van der Waals surface area contributed by atoms with Gasteiger partial charge in [-0.1, -0.05) is 17.7 Å². The topological polar surface area (TPSA) is 81.5 Å². The molecule has 2 aromatic carbocycles. The Morgan fingerprint density at radius 1 is 1.12 bits per heavy atom. The van der Waals surface area contributed by atoms with E-state index in [1.165, 1.54) is 4.31 Å². The zero-order valence-corrected chi connectivity index (χ0v) is 19.7. The predicted molar refractivity (Wildman–Crippen MR) is 122 cm³/mol. The smallest absolute Gasteiger partial charge is 0.359 e. The van der Waals surface area contributed by atoms with Gasteiger partial charge in [0.25, 0.3) is 0 Å². The van der Waals surface area contributed by atoms with Gasteiger partial charge in [0, 0.05) is 30.1 Å². The lowest BCUT2D eigenvalue weighted by Gasteiger charge is -2.27. The number of rotatable bonds is 5. The third-order valence-corrected chi connectivity index (χ3v) is 7.77. The maximum Gasteiger partial charge on any atom is 0.359 e. The van der Waals surface area contributed by atoms with Gasteiger partial charge in [0.2, 0.25) is 10.0 Å². The van der Waals surface area contributed by atoms with E-state index in [0.29, 0.717) is 17.0 Å². The first-order valence-electron chi connectivity index (χ1n) is 10.3. The molecule has 0 bridgehead atoms. The van der Waals surface area contributed by atoms with Crippen LogP contribution in [0.15, 0.2) is 47.4 Å². The summed E-state index contributed by atoms with van der Waals surface area (Å²) in [6, 6.07) is 12.2. The van der Waals surface area contributed by atoms with Crippen LogP contribution in [0, 0.1) is 13.8 Å². The van der Waals surface area contributed by atoms with E-state index in [4.69, 9.17) is 16.3 Å². The number of hydrogen-bond donors (Lipinski definition) is 0. The number of benzene rings is 2. The molecule has 1 aliphatic heterocycles. The molecule has 0 saturated heterocycles. The second kappa shape index (κ2) is 8.69. The molecule has 7 nitrogen and oxygen atoms in total. The van der Waals surface area contributed by atoms with Crippen molar-refractivity contribution in [2.45, 2.75) is 38.6 Å². The maximum atomic E-state index is 13.3. The molecule has 9 heteroatoms. The summed E-state index contributed by atoms with van der Waals surface area (Å²) in [6.07, 6.45) is 0.411. The first-order chi connectivity index (χ1) is 15.2. The summed E-state index contributed by atoms with van der Waals surface area (Å²) in [5.74, 6) is -0.568. The van der Waals surface area contributed by atoms with Crippen LogP contribution in [0.5, 0.6) is 0 Å². The average molecular weight is 474 g/mol. The van der Waals surface area contributed by atoms with Crippen molar-refractivity contribution in [3.63, 3.8) is 0 Å². The van der Waals surface area contributed by atoms with Gasteiger partial charge in [-0.2, -0.15) is 9.40 Å². The highest BCUT2D eigenvalue weighted by Gasteiger charge is 2.35. The molecule has 0 saturated carbocycles. The molecule has 168 valence electrons. The molecule has 0 unspecified atom stereocenters. The number of sulfonamides is 1. The molecule has 3 aromatic rings. The van der Waals surface area contributed by atoms with E-state index in [1.807, 2.05) is 26.0 Å². The summed E-state index contributed by atoms with van der Waals surface area (Å²) < 4.78 is 35.0. The van der Waals surface area contributed by atoms with Crippen LogP contribution >= 0.6 is 11.6 Å². The van der Waals surface area contributed by atoms with Crippen molar-refractivity contribution in [2.75, 3.05) is 13.2 Å². The minimum Gasteiger partial charge on any atom is -0.461 e. The van der Waals surface area contributed by atoms with Crippen molar-refractivity contribution in [1.29, 1.82) is 0 Å². The predicted octanol–water partition coefficient (Wildman–Crippen LogP) is 4.07. The van der Waals surface area contributed by atoms with Crippen LogP contribution < -0.4 is 0 Å². The van der Waals surface area contributed by atoms with Gasteiger partial charge in [-0.05, 0) is 68.3 Å². The van der Waals surface area contributed by atoms with E-state index in [0.717, 1.165) is 22.5 Å². The number of fused-ring (bicyclic) bond motifs is 1. The minimum absolute atomic E-state index is 0.0479. The van der Waals surface area contributed by atoms with Crippen LogP contribution in [0.25, 0.3) is 5.69 Å². The minimum atomic E-state index is -3.73. The van der Waals surface area contributed by atoms with Crippen LogP contribution in [-0.2, 0) is 27.7 Å². The highest BCUT2D eigenvalue weighted by Crippen LogP contribution is 2.30. The maximum absolute atomic E-state index is 13.3. The lowest BCUT2D eigenvalue weighted by Crippen LogP contribution is -2.36. The summed E-state index contributed by atoms with van der Waals surface area (Å²) in [7, 11) is -3.73. The Hall–Kier alpha value is -2.68. The Morgan fingerprint density at radius 3 is 2.50 bits per heavy atom. The molecule has 1 aromatic heterocycles. The number of hydrogen-bond acceptors (Lipinski definition) is 5. The van der Waals surface area contributed by atoms with Crippen LogP contribution in [0.3, 0.4) is 0 Å². The van der Waals surface area contributed by atoms with Gasteiger partial charge in [-0.3, -0.25) is 0 Å². The van der Waals surface area contributed by atoms with E-state index in [1.54, 1.807) is 41.9 Å². The van der Waals surface area contributed by atoms with E-state index in [9.17, 15) is 13.2 Å². The Balaban J connectivity index is 1.76. The summed E-state index contributed by atoms with van der Waals surface area (Å²) in [6.45, 7) is 6.08. The quantitative estimate of drug-likeness (QED) is 0.522. The molecule has 0 aliphatic carbocycles. The lowest BCUT2D eigenvalue weighted by atomic mass is 10.1. The van der Waals surface area contributed by atoms with Gasteiger partial charge >= 0.3 is 5.97 Å². The van der Waals surface area contributed by atoms with Crippen LogP contribution in [0.1, 0.15) is 39.8 Å². The number of carbonyl (C=O) groups excluding carboxylic acids is 1. The zero-order valence-electron chi connectivity index (χ0n) is 18.1. The van der Waals surface area contributed by atoms with E-state index >= 15 is 0 Å². The summed E-state index contributed by atoms with van der Waals surface area (Å²) in [5.41, 5.74) is 4.17. The van der Waals surface area contributed by atoms with Crippen molar-refractivity contribution < 1.29 is 17.9 Å². The third kappa shape index (κ3) is 4.05. The van der Waals surface area contributed by atoms with Crippen molar-refractivity contribution in [3.05, 3.63) is 75.6 Å². The summed E-state index contributed by atoms with van der Waals surface area (Å²) in [5, 5.41) is 5.09. The van der Waals surface area contributed by atoms with Gasteiger partial charge in [-0.25, -0.2) is 17.9 Å². The molecule has 0 spiro atoms. The first kappa shape index (κ1) is 22.5. The van der Waals surface area contributed by atoms with Crippen molar-refractivity contribution >= 4 is 27.6 Å². The molecule has 1 aliphatic rings. The Labute approximate surface area is 192 Å². The number of aryl methyl sites for hydroxylation is 2. The normalized spacial score (nSPS) is 14.2. The molecule has 2 heterocycles. The zero-order chi connectivity index (χ0) is 23.0. The molecule has 32 heavy (non-hydrogen) atoms. The van der Waals surface area contributed by atoms with Crippen LogP contribution in [0.2, 0.25) is 5.02 Å². The largest absolute Gasteiger partial charge is 0.461 e. The monoisotopic (exact) mass is 473 g/mol. The standard InChI is InChI=1S/C23H24ClN3O4S/c1-4-31-23(28)22-20-14-26(32(29,30)19-10-5-15(2)16(3)13-19)12-11-21(20)27(25-22)18-8-6-17(24)7-9-18/h5-10,13H,4,11-12,14H2,1-3H3. The van der Waals surface area contributed by atoms with E-state index < -0.39 is 16.0 Å². The molecule has 4 rings (SSSR count). The Kier molecular flexibility index (Phi) is 6.11. The van der Waals surface area contributed by atoms with Crippen LogP contribution in [-0.4, -0.2) is 41.6 Å². The Morgan fingerprint density at radius 2 is 1.84 bits per heavy atom. The number of halogens is 1. The van der Waals surface area contributed by atoms with Gasteiger partial charge in [0.05, 0.1) is 22.9 Å². The van der Waals surface area contributed by atoms with E-state index in [-0.39, 0.29) is 30.3 Å². The van der Waals surface area contributed by atoms with Gasteiger partial charge < -0.3 is 4.74 Å². The molecule has 0 atom stereocenters. The molecular weight excluding hydrogens is 450 g/mol. The molecule has 0 N–H and O–H groups in total. The SMILES string of the molecule is CCOC(=O)c1nn(-c2ccc(Cl)cc2)c2c1CN(S(=O)(=O)c1ccc(C)c(C)c1)CC2. The fourth-order valence-electron chi connectivity index (χ4n) is 3.78. The fraction of sp³-hybridized carbons (Fsp3) is 0.304. The number of aromatic nitrogens is 2. The number of carbonyl (C=O) groups is 1. The van der Waals surface area contributed by atoms with Gasteiger partial charge in [-0.15, -0.1) is 0 Å². The van der Waals surface area contributed by atoms with Crippen molar-refractivity contribution in [1.82, 2.24) is 14.1 Å². The number of esters is 1. The van der Waals surface area contributed by atoms with Gasteiger partial charge in [0.1, 0.15) is 0 Å². The third-order valence-electron chi connectivity index (χ3n) is 5.68. The lowest BCUT2D eigenvalue weighted by molar-refractivity contribution is 0.0517. The number of nitrogens with zero attached hydrogens (tertiary/aromatic N) is 3. The summed E-state index contributed by atoms with van der Waals surface area (Å²) in [4.78, 5) is 12.9. The van der Waals surface area contributed by atoms with Crippen LogP contribution in [0.4, 0.5) is 0 Å². The summed E-state index contributed by atoms with van der Waals surface area (Å²) >= 11 is 6.01. The first-order valence-corrected chi connectivity index (χ1v) is 12.2. The van der Waals surface area contributed by atoms with Gasteiger partial charge in [0.15, 0.2) is 5.69 Å². The number of ether oxygens (including phenoxy) is 1. The highest BCUT2D eigenvalue weighted by molar-refractivity contribution is 7.89. The molecule has 0 amide bonds. The molecule has 0 fully saturated rings. The van der Waals surface area contributed by atoms with E-state index in [2.05, 4.69) is 5.10 Å². The highest BCUT2D eigenvalue weighted by atomic mass is 35.5. The fourth-order valence-corrected chi connectivity index (χ4v) is 5.40. The second-order valence-electron chi connectivity index (χ2n) is 7.72. The Bertz CT molecular complexity index is 1280. The van der Waals surface area contributed by atoms with Crippen molar-refractivity contribution in [3.8, 4) is 5.69 Å².